The van der Waals surface area contributed by atoms with E-state index in [0.717, 1.165) is 11.3 Å². The molecule has 0 aliphatic rings. The minimum Gasteiger partial charge on any atom is -0.493 e. The summed E-state index contributed by atoms with van der Waals surface area (Å²) in [7, 11) is 3.05. The van der Waals surface area contributed by atoms with Gasteiger partial charge in [-0.2, -0.15) is 0 Å². The maximum atomic E-state index is 12.1. The SMILES string of the molecule is COc1cc(Cl)c(NC(=O)CSCc2ccc(Cl)cc2)cc1OC. The minimum absolute atomic E-state index is 0.136. The summed E-state index contributed by atoms with van der Waals surface area (Å²) < 4.78 is 10.4. The molecule has 0 atom stereocenters. The lowest BCUT2D eigenvalue weighted by Crippen LogP contribution is -2.14. The molecule has 1 amide bonds. The van der Waals surface area contributed by atoms with Crippen molar-refractivity contribution in [1.29, 1.82) is 0 Å². The van der Waals surface area contributed by atoms with Crippen LogP contribution in [0.2, 0.25) is 10.0 Å². The lowest BCUT2D eigenvalue weighted by Gasteiger charge is -2.12. The van der Waals surface area contributed by atoms with Gasteiger partial charge in [0.05, 0.1) is 30.7 Å². The summed E-state index contributed by atoms with van der Waals surface area (Å²) in [5, 5.41) is 3.87. The van der Waals surface area contributed by atoms with E-state index in [9.17, 15) is 4.79 Å². The molecule has 128 valence electrons. The third-order valence-electron chi connectivity index (χ3n) is 3.16. The zero-order chi connectivity index (χ0) is 17.5. The van der Waals surface area contributed by atoms with E-state index in [0.29, 0.717) is 33.0 Å². The van der Waals surface area contributed by atoms with Crippen LogP contribution >= 0.6 is 35.0 Å². The number of halogens is 2. The quantitative estimate of drug-likeness (QED) is 0.737. The normalized spacial score (nSPS) is 10.3. The number of benzene rings is 2. The average Bonchev–Trinajstić information content (AvgIpc) is 2.58. The predicted octanol–water partition coefficient (Wildman–Crippen LogP) is 4.88. The van der Waals surface area contributed by atoms with E-state index < -0.39 is 0 Å². The van der Waals surface area contributed by atoms with Crippen LogP contribution in [0.15, 0.2) is 36.4 Å². The monoisotopic (exact) mass is 385 g/mol. The smallest absolute Gasteiger partial charge is 0.234 e. The van der Waals surface area contributed by atoms with Gasteiger partial charge in [-0.05, 0) is 17.7 Å². The Bertz CT molecular complexity index is 708. The van der Waals surface area contributed by atoms with Crippen molar-refractivity contribution in [3.63, 3.8) is 0 Å². The van der Waals surface area contributed by atoms with Gasteiger partial charge in [-0.1, -0.05) is 35.3 Å². The third-order valence-corrected chi connectivity index (χ3v) is 4.73. The van der Waals surface area contributed by atoms with Gasteiger partial charge >= 0.3 is 0 Å². The van der Waals surface area contributed by atoms with E-state index in [2.05, 4.69) is 5.32 Å². The highest BCUT2D eigenvalue weighted by Gasteiger charge is 2.12. The third kappa shape index (κ3) is 5.23. The first kappa shape index (κ1) is 18.8. The Hall–Kier alpha value is -1.56. The molecule has 0 bridgehead atoms. The second-order valence-corrected chi connectivity index (χ2v) is 6.68. The molecular formula is C17H17Cl2NO3S. The molecule has 0 aromatic heterocycles. The summed E-state index contributed by atoms with van der Waals surface area (Å²) >= 11 is 13.5. The molecule has 24 heavy (non-hydrogen) atoms. The van der Waals surface area contributed by atoms with Crippen molar-refractivity contribution >= 4 is 46.6 Å². The lowest BCUT2D eigenvalue weighted by molar-refractivity contribution is -0.113. The zero-order valence-electron chi connectivity index (χ0n) is 13.3. The second kappa shape index (κ2) is 9.06. The highest BCUT2D eigenvalue weighted by atomic mass is 35.5. The summed E-state index contributed by atoms with van der Waals surface area (Å²) in [6, 6.07) is 10.8. The molecule has 2 rings (SSSR count). The van der Waals surface area contributed by atoms with E-state index >= 15 is 0 Å². The van der Waals surface area contributed by atoms with E-state index in [1.54, 1.807) is 12.1 Å². The summed E-state index contributed by atoms with van der Waals surface area (Å²) in [6.45, 7) is 0. The largest absolute Gasteiger partial charge is 0.493 e. The first-order chi connectivity index (χ1) is 11.5. The van der Waals surface area contributed by atoms with Gasteiger partial charge in [-0.3, -0.25) is 4.79 Å². The van der Waals surface area contributed by atoms with Crippen LogP contribution in [0, 0.1) is 0 Å². The number of anilines is 1. The summed E-state index contributed by atoms with van der Waals surface area (Å²) in [4.78, 5) is 12.1. The van der Waals surface area contributed by atoms with Gasteiger partial charge in [-0.25, -0.2) is 0 Å². The number of carbonyl (C=O) groups excluding carboxylic acids is 1. The number of amides is 1. The average molecular weight is 386 g/mol. The van der Waals surface area contributed by atoms with Crippen molar-refractivity contribution in [2.24, 2.45) is 0 Å². The summed E-state index contributed by atoms with van der Waals surface area (Å²) in [6.07, 6.45) is 0. The molecule has 0 saturated heterocycles. The number of thioether (sulfide) groups is 1. The second-order valence-electron chi connectivity index (χ2n) is 4.85. The van der Waals surface area contributed by atoms with Crippen molar-refractivity contribution < 1.29 is 14.3 Å². The number of nitrogens with one attached hydrogen (secondary N) is 1. The van der Waals surface area contributed by atoms with Gasteiger partial charge < -0.3 is 14.8 Å². The molecule has 4 nitrogen and oxygen atoms in total. The number of rotatable bonds is 7. The van der Waals surface area contributed by atoms with Gasteiger partial charge in [0.1, 0.15) is 0 Å². The minimum atomic E-state index is -0.136. The Kier molecular flexibility index (Phi) is 7.09. The fourth-order valence-corrected chi connectivity index (χ4v) is 3.09. The Balaban J connectivity index is 1.91. The Morgan fingerprint density at radius 1 is 1.08 bits per heavy atom. The molecule has 7 heteroatoms. The number of hydrogen-bond donors (Lipinski definition) is 1. The van der Waals surface area contributed by atoms with E-state index in [-0.39, 0.29) is 5.91 Å². The zero-order valence-corrected chi connectivity index (χ0v) is 15.6. The van der Waals surface area contributed by atoms with E-state index in [1.165, 1.54) is 26.0 Å². The van der Waals surface area contributed by atoms with Gasteiger partial charge in [0.15, 0.2) is 11.5 Å². The molecule has 0 saturated carbocycles. The standard InChI is InChI=1S/C17H17Cl2NO3S/c1-22-15-7-13(19)14(8-16(15)23-2)20-17(21)10-24-9-11-3-5-12(18)6-4-11/h3-8H,9-10H2,1-2H3,(H,20,21). The highest BCUT2D eigenvalue weighted by Crippen LogP contribution is 2.36. The van der Waals surface area contributed by atoms with Crippen LogP contribution in [-0.2, 0) is 10.5 Å². The summed E-state index contributed by atoms with van der Waals surface area (Å²) in [5.41, 5.74) is 1.60. The predicted molar refractivity (Wildman–Crippen MR) is 101 cm³/mol. The lowest BCUT2D eigenvalue weighted by atomic mass is 10.2. The first-order valence-corrected chi connectivity index (χ1v) is 8.98. The van der Waals surface area contributed by atoms with Gasteiger partial charge in [0.2, 0.25) is 5.91 Å². The van der Waals surface area contributed by atoms with Crippen molar-refractivity contribution in [3.8, 4) is 11.5 Å². The van der Waals surface area contributed by atoms with Gasteiger partial charge in [0, 0.05) is 22.9 Å². The van der Waals surface area contributed by atoms with Gasteiger partial charge in [0.25, 0.3) is 0 Å². The Morgan fingerprint density at radius 3 is 2.33 bits per heavy atom. The Morgan fingerprint density at radius 2 is 1.71 bits per heavy atom. The van der Waals surface area contributed by atoms with Crippen LogP contribution in [0.3, 0.4) is 0 Å². The van der Waals surface area contributed by atoms with Crippen molar-refractivity contribution in [2.75, 3.05) is 25.3 Å². The number of carbonyl (C=O) groups is 1. The molecule has 0 heterocycles. The summed E-state index contributed by atoms with van der Waals surface area (Å²) in [5.74, 6) is 1.92. The molecule has 0 fully saturated rings. The fourth-order valence-electron chi connectivity index (χ4n) is 1.98. The molecular weight excluding hydrogens is 369 g/mol. The van der Waals surface area contributed by atoms with Crippen LogP contribution in [-0.4, -0.2) is 25.9 Å². The topological polar surface area (TPSA) is 47.6 Å². The number of methoxy groups -OCH3 is 2. The van der Waals surface area contributed by atoms with Crippen molar-refractivity contribution in [3.05, 3.63) is 52.0 Å². The van der Waals surface area contributed by atoms with Gasteiger partial charge in [-0.15, -0.1) is 11.8 Å². The first-order valence-electron chi connectivity index (χ1n) is 7.07. The molecule has 2 aromatic carbocycles. The van der Waals surface area contributed by atoms with Crippen molar-refractivity contribution in [2.45, 2.75) is 5.75 Å². The van der Waals surface area contributed by atoms with Crippen LogP contribution in [0.1, 0.15) is 5.56 Å². The molecule has 0 aliphatic carbocycles. The maximum Gasteiger partial charge on any atom is 0.234 e. The molecule has 1 N–H and O–H groups in total. The highest BCUT2D eigenvalue weighted by molar-refractivity contribution is 7.99. The molecule has 0 radical (unpaired) electrons. The van der Waals surface area contributed by atoms with Crippen LogP contribution in [0.5, 0.6) is 11.5 Å². The van der Waals surface area contributed by atoms with Crippen molar-refractivity contribution in [1.82, 2.24) is 0 Å². The van der Waals surface area contributed by atoms with E-state index in [1.807, 2.05) is 24.3 Å². The number of ether oxygens (including phenoxy) is 2. The van der Waals surface area contributed by atoms with Crippen LogP contribution < -0.4 is 14.8 Å². The van der Waals surface area contributed by atoms with Crippen LogP contribution in [0.25, 0.3) is 0 Å². The Labute approximate surface area is 155 Å². The van der Waals surface area contributed by atoms with Crippen LogP contribution in [0.4, 0.5) is 5.69 Å². The molecule has 2 aromatic rings. The fraction of sp³-hybridized carbons (Fsp3) is 0.235. The molecule has 0 unspecified atom stereocenters. The van der Waals surface area contributed by atoms with E-state index in [4.69, 9.17) is 32.7 Å². The maximum absolute atomic E-state index is 12.1. The molecule has 0 aliphatic heterocycles. The molecule has 0 spiro atoms. The number of hydrogen-bond acceptors (Lipinski definition) is 4.